The Kier molecular flexibility index (Phi) is 5.65. The summed E-state index contributed by atoms with van der Waals surface area (Å²) in [5.74, 6) is 0.375. The average Bonchev–Trinajstić information content (AvgIpc) is 2.77. The minimum absolute atomic E-state index is 0.0811. The zero-order chi connectivity index (χ0) is 14.5. The van der Waals surface area contributed by atoms with Crippen LogP contribution in [0.25, 0.3) is 0 Å². The van der Waals surface area contributed by atoms with E-state index in [-0.39, 0.29) is 19.7 Å². The first kappa shape index (κ1) is 16.3. The van der Waals surface area contributed by atoms with E-state index >= 15 is 0 Å². The third kappa shape index (κ3) is 5.39. The molecule has 1 atom stereocenters. The molecule has 2 N–H and O–H groups in total. The molecule has 0 saturated heterocycles. The molecule has 9 heteroatoms. The van der Waals surface area contributed by atoms with Crippen LogP contribution >= 0.6 is 11.7 Å². The minimum atomic E-state index is -3.14. The number of hydrogen-bond donors (Lipinski definition) is 2. The zero-order valence-electron chi connectivity index (χ0n) is 11.2. The molecule has 0 amide bonds. The SMILES string of the molecule is CC(C)(CNCC(O)COc1cnsn1)S(C)(=O)=O. The summed E-state index contributed by atoms with van der Waals surface area (Å²) in [6.07, 6.45) is 1.93. The Bertz CT molecular complexity index is 473. The Morgan fingerprint density at radius 1 is 1.58 bits per heavy atom. The number of hydrogen-bond acceptors (Lipinski definition) is 8. The van der Waals surface area contributed by atoms with E-state index in [1.165, 1.54) is 12.5 Å². The lowest BCUT2D eigenvalue weighted by molar-refractivity contribution is 0.104. The molecule has 1 aromatic heterocycles. The number of aliphatic hydroxyl groups excluding tert-OH is 1. The number of aromatic nitrogens is 2. The number of rotatable bonds is 8. The summed E-state index contributed by atoms with van der Waals surface area (Å²) in [6.45, 7) is 3.87. The van der Waals surface area contributed by atoms with E-state index in [1.54, 1.807) is 13.8 Å². The first-order valence-corrected chi connectivity index (χ1v) is 8.33. The summed E-state index contributed by atoms with van der Waals surface area (Å²) in [7, 11) is -3.14. The second-order valence-electron chi connectivity index (χ2n) is 4.87. The highest BCUT2D eigenvalue weighted by Gasteiger charge is 2.29. The van der Waals surface area contributed by atoms with Gasteiger partial charge >= 0.3 is 0 Å². The predicted octanol–water partition coefficient (Wildman–Crippen LogP) is -0.309. The minimum Gasteiger partial charge on any atom is -0.473 e. The van der Waals surface area contributed by atoms with E-state index in [0.29, 0.717) is 5.88 Å². The first-order valence-electron chi connectivity index (χ1n) is 5.71. The van der Waals surface area contributed by atoms with Gasteiger partial charge in [-0.05, 0) is 13.8 Å². The van der Waals surface area contributed by atoms with Crippen LogP contribution in [0.2, 0.25) is 0 Å². The largest absolute Gasteiger partial charge is 0.473 e. The number of ether oxygens (including phenoxy) is 1. The lowest BCUT2D eigenvalue weighted by atomic mass is 10.2. The van der Waals surface area contributed by atoms with Crippen molar-refractivity contribution in [3.8, 4) is 5.88 Å². The van der Waals surface area contributed by atoms with Gasteiger partial charge in [0.05, 0.1) is 16.5 Å². The van der Waals surface area contributed by atoms with Crippen LogP contribution in [-0.4, -0.2) is 59.1 Å². The number of aliphatic hydroxyl groups is 1. The van der Waals surface area contributed by atoms with Crippen molar-refractivity contribution < 1.29 is 18.3 Å². The van der Waals surface area contributed by atoms with Crippen LogP contribution in [0, 0.1) is 0 Å². The van der Waals surface area contributed by atoms with Crippen LogP contribution in [0.1, 0.15) is 13.8 Å². The van der Waals surface area contributed by atoms with Crippen molar-refractivity contribution in [2.24, 2.45) is 0 Å². The van der Waals surface area contributed by atoms with Crippen molar-refractivity contribution >= 4 is 21.6 Å². The van der Waals surface area contributed by atoms with Gasteiger partial charge in [0.2, 0.25) is 5.88 Å². The highest BCUT2D eigenvalue weighted by atomic mass is 32.2. The topological polar surface area (TPSA) is 101 Å². The van der Waals surface area contributed by atoms with Gasteiger partial charge in [0.1, 0.15) is 18.9 Å². The van der Waals surface area contributed by atoms with E-state index < -0.39 is 20.7 Å². The molecule has 0 bridgehead atoms. The maximum atomic E-state index is 11.5. The Morgan fingerprint density at radius 2 is 2.26 bits per heavy atom. The third-order valence-electron chi connectivity index (χ3n) is 2.70. The number of sulfone groups is 1. The summed E-state index contributed by atoms with van der Waals surface area (Å²) in [5, 5.41) is 12.6. The highest BCUT2D eigenvalue weighted by Crippen LogP contribution is 2.13. The summed E-state index contributed by atoms with van der Waals surface area (Å²) in [6, 6.07) is 0. The van der Waals surface area contributed by atoms with Gasteiger partial charge in [-0.2, -0.15) is 4.37 Å². The maximum absolute atomic E-state index is 11.5. The first-order chi connectivity index (χ1) is 8.72. The Morgan fingerprint density at radius 3 is 2.79 bits per heavy atom. The second kappa shape index (κ2) is 6.60. The van der Waals surface area contributed by atoms with Crippen molar-refractivity contribution in [2.75, 3.05) is 26.0 Å². The number of nitrogens with zero attached hydrogens (tertiary/aromatic N) is 2. The number of nitrogens with one attached hydrogen (secondary N) is 1. The van der Waals surface area contributed by atoms with E-state index in [0.717, 1.165) is 11.7 Å². The van der Waals surface area contributed by atoms with Crippen LogP contribution in [0.5, 0.6) is 5.88 Å². The maximum Gasteiger partial charge on any atom is 0.245 e. The highest BCUT2D eigenvalue weighted by molar-refractivity contribution is 7.92. The summed E-state index contributed by atoms with van der Waals surface area (Å²) >= 11 is 1.03. The van der Waals surface area contributed by atoms with Gasteiger partial charge in [0.15, 0.2) is 9.84 Å². The molecule has 0 fully saturated rings. The van der Waals surface area contributed by atoms with Crippen molar-refractivity contribution in [3.63, 3.8) is 0 Å². The molecule has 0 radical (unpaired) electrons. The third-order valence-corrected chi connectivity index (χ3v) is 5.31. The molecule has 1 heterocycles. The Hall–Kier alpha value is -0.770. The molecule has 1 aromatic rings. The van der Waals surface area contributed by atoms with Gasteiger partial charge in [-0.25, -0.2) is 8.42 Å². The van der Waals surface area contributed by atoms with Gasteiger partial charge in [0.25, 0.3) is 0 Å². The quantitative estimate of drug-likeness (QED) is 0.679. The van der Waals surface area contributed by atoms with Gasteiger partial charge in [0, 0.05) is 19.3 Å². The average molecular weight is 309 g/mol. The molecule has 110 valence electrons. The molecular weight excluding hydrogens is 290 g/mol. The molecule has 7 nitrogen and oxygen atoms in total. The van der Waals surface area contributed by atoms with Gasteiger partial charge in [-0.1, -0.05) is 0 Å². The fraction of sp³-hybridized carbons (Fsp3) is 0.800. The predicted molar refractivity (Wildman–Crippen MR) is 73.2 cm³/mol. The van der Waals surface area contributed by atoms with E-state index in [2.05, 4.69) is 14.1 Å². The molecule has 0 aliphatic carbocycles. The van der Waals surface area contributed by atoms with Crippen molar-refractivity contribution in [1.82, 2.24) is 14.1 Å². The molecule has 0 spiro atoms. The molecule has 1 rings (SSSR count). The van der Waals surface area contributed by atoms with Crippen molar-refractivity contribution in [1.29, 1.82) is 0 Å². The van der Waals surface area contributed by atoms with Crippen molar-refractivity contribution in [3.05, 3.63) is 6.20 Å². The molecule has 0 saturated carbocycles. The molecular formula is C10H19N3O4S2. The lowest BCUT2D eigenvalue weighted by Gasteiger charge is -2.23. The van der Waals surface area contributed by atoms with Crippen LogP contribution in [0.4, 0.5) is 0 Å². The summed E-state index contributed by atoms with van der Waals surface area (Å²) in [4.78, 5) is 0. The fourth-order valence-corrected chi connectivity index (χ4v) is 1.86. The van der Waals surface area contributed by atoms with Gasteiger partial charge in [-0.3, -0.25) is 0 Å². The normalized spacial score (nSPS) is 14.3. The Balaban J connectivity index is 2.25. The summed E-state index contributed by atoms with van der Waals surface area (Å²) < 4.78 is 34.9. The summed E-state index contributed by atoms with van der Waals surface area (Å²) in [5.41, 5.74) is 0. The smallest absolute Gasteiger partial charge is 0.245 e. The fourth-order valence-electron chi connectivity index (χ4n) is 1.13. The Labute approximate surface area is 117 Å². The van der Waals surface area contributed by atoms with E-state index in [4.69, 9.17) is 4.74 Å². The van der Waals surface area contributed by atoms with Crippen LogP contribution in [0.3, 0.4) is 0 Å². The van der Waals surface area contributed by atoms with Crippen LogP contribution in [-0.2, 0) is 9.84 Å². The van der Waals surface area contributed by atoms with E-state index in [9.17, 15) is 13.5 Å². The molecule has 1 unspecified atom stereocenters. The lowest BCUT2D eigenvalue weighted by Crippen LogP contribution is -2.44. The van der Waals surface area contributed by atoms with Crippen LogP contribution in [0.15, 0.2) is 6.20 Å². The molecule has 0 aromatic carbocycles. The van der Waals surface area contributed by atoms with Gasteiger partial charge < -0.3 is 15.2 Å². The van der Waals surface area contributed by atoms with Gasteiger partial charge in [-0.15, -0.1) is 4.37 Å². The molecule has 0 aliphatic rings. The monoisotopic (exact) mass is 309 g/mol. The zero-order valence-corrected chi connectivity index (χ0v) is 12.8. The van der Waals surface area contributed by atoms with E-state index in [1.807, 2.05) is 0 Å². The second-order valence-corrected chi connectivity index (χ2v) is 8.08. The van der Waals surface area contributed by atoms with Crippen molar-refractivity contribution in [2.45, 2.75) is 24.7 Å². The standard InChI is InChI=1S/C10H19N3O4S2/c1-10(2,19(3,15)16)7-11-4-8(14)6-17-9-5-12-18-13-9/h5,8,11,14H,4,6-7H2,1-3H3. The van der Waals surface area contributed by atoms with Crippen LogP contribution < -0.4 is 10.1 Å². The molecule has 0 aliphatic heterocycles. The molecule has 19 heavy (non-hydrogen) atoms.